The number of hydrogen-bond donors (Lipinski definition) is 3. The summed E-state index contributed by atoms with van der Waals surface area (Å²) in [5.41, 5.74) is 0. The maximum absolute atomic E-state index is 9.84. The third-order valence-corrected chi connectivity index (χ3v) is 5.96. The smallest absolute Gasteiger partial charge is 0.114 e. The highest BCUT2D eigenvalue weighted by molar-refractivity contribution is 4.88. The molecule has 1 heterocycles. The van der Waals surface area contributed by atoms with Gasteiger partial charge in [-0.3, -0.25) is 0 Å². The zero-order chi connectivity index (χ0) is 21.9. The van der Waals surface area contributed by atoms with Gasteiger partial charge in [0.2, 0.25) is 0 Å². The molecule has 30 heavy (non-hydrogen) atoms. The van der Waals surface area contributed by atoms with Crippen molar-refractivity contribution in [1.29, 1.82) is 0 Å². The van der Waals surface area contributed by atoms with Crippen LogP contribution in [0.5, 0.6) is 0 Å². The van der Waals surface area contributed by atoms with Crippen LogP contribution in [-0.2, 0) is 9.47 Å². The molecule has 1 aliphatic rings. The van der Waals surface area contributed by atoms with Gasteiger partial charge in [0, 0.05) is 6.61 Å². The summed E-state index contributed by atoms with van der Waals surface area (Å²) in [6.45, 7) is 2.68. The molecule has 0 saturated carbocycles. The van der Waals surface area contributed by atoms with Crippen LogP contribution in [0.4, 0.5) is 0 Å². The lowest BCUT2D eigenvalue weighted by atomic mass is 10.0. The molecule has 3 N–H and O–H groups in total. The van der Waals surface area contributed by atoms with E-state index in [9.17, 15) is 15.3 Å². The van der Waals surface area contributed by atoms with E-state index in [-0.39, 0.29) is 13.2 Å². The first-order valence-corrected chi connectivity index (χ1v) is 12.6. The fourth-order valence-electron chi connectivity index (χ4n) is 3.97. The van der Waals surface area contributed by atoms with E-state index in [1.54, 1.807) is 0 Å². The van der Waals surface area contributed by atoms with Crippen LogP contribution in [0.2, 0.25) is 0 Å². The van der Waals surface area contributed by atoms with Crippen molar-refractivity contribution in [1.82, 2.24) is 0 Å². The first kappa shape index (κ1) is 27.6. The second-order valence-electron chi connectivity index (χ2n) is 8.74. The lowest BCUT2D eigenvalue weighted by Crippen LogP contribution is -2.42. The quantitative estimate of drug-likeness (QED) is 0.190. The molecule has 0 spiro atoms. The van der Waals surface area contributed by atoms with Crippen LogP contribution < -0.4 is 0 Å². The Morgan fingerprint density at radius 2 is 1.37 bits per heavy atom. The predicted molar refractivity (Wildman–Crippen MR) is 123 cm³/mol. The molecule has 1 aliphatic heterocycles. The Bertz CT molecular complexity index is 401. The average Bonchev–Trinajstić information content (AvgIpc) is 3.08. The lowest BCUT2D eigenvalue weighted by molar-refractivity contribution is -0.101. The summed E-state index contributed by atoms with van der Waals surface area (Å²) in [5, 5.41) is 28.8. The minimum atomic E-state index is -0.977. The second kappa shape index (κ2) is 19.2. The molecule has 0 aromatic rings. The van der Waals surface area contributed by atoms with Gasteiger partial charge in [0.15, 0.2) is 0 Å². The molecule has 0 aromatic heterocycles. The van der Waals surface area contributed by atoms with Gasteiger partial charge in [-0.2, -0.15) is 0 Å². The molecule has 0 unspecified atom stereocenters. The predicted octanol–water partition coefficient (Wildman–Crippen LogP) is 4.91. The first-order valence-electron chi connectivity index (χ1n) is 12.6. The standard InChI is InChI=1S/C25H48O5/c1-2-3-4-5-6-7-8-9-10-11-12-13-14-15-16-17-18-19-29-23(20-26)25-24(28)22(27)21-30-25/h4-5,22-28H,2-3,6-21H2,1H3/b5-4+/t22-,23+,24+,25+/m1/s1. The summed E-state index contributed by atoms with van der Waals surface area (Å²) in [6.07, 6.45) is 20.9. The zero-order valence-corrected chi connectivity index (χ0v) is 19.4. The molecule has 5 nitrogen and oxygen atoms in total. The Balaban J connectivity index is 1.81. The van der Waals surface area contributed by atoms with Crippen LogP contribution in [0.3, 0.4) is 0 Å². The first-order chi connectivity index (χ1) is 14.7. The Kier molecular flexibility index (Phi) is 17.7. The fourth-order valence-corrected chi connectivity index (χ4v) is 3.97. The molecule has 0 bridgehead atoms. The number of hydrogen-bond acceptors (Lipinski definition) is 5. The van der Waals surface area contributed by atoms with Gasteiger partial charge in [-0.1, -0.05) is 89.7 Å². The van der Waals surface area contributed by atoms with Crippen molar-refractivity contribution in [3.63, 3.8) is 0 Å². The molecule has 0 aromatic carbocycles. The van der Waals surface area contributed by atoms with E-state index in [0.29, 0.717) is 6.61 Å². The van der Waals surface area contributed by atoms with E-state index in [2.05, 4.69) is 19.1 Å². The topological polar surface area (TPSA) is 79.2 Å². The second-order valence-corrected chi connectivity index (χ2v) is 8.74. The number of aliphatic hydroxyl groups excluding tert-OH is 3. The van der Waals surface area contributed by atoms with Crippen LogP contribution >= 0.6 is 0 Å². The number of unbranched alkanes of at least 4 members (excludes halogenated alkanes) is 13. The third kappa shape index (κ3) is 13.1. The van der Waals surface area contributed by atoms with Gasteiger partial charge in [0.25, 0.3) is 0 Å². The normalized spacial score (nSPS) is 22.9. The number of allylic oxidation sites excluding steroid dienone is 2. The van der Waals surface area contributed by atoms with Gasteiger partial charge in [0.05, 0.1) is 13.2 Å². The van der Waals surface area contributed by atoms with Crippen molar-refractivity contribution in [2.45, 2.75) is 128 Å². The van der Waals surface area contributed by atoms with Crippen molar-refractivity contribution in [3.05, 3.63) is 12.2 Å². The number of ether oxygens (including phenoxy) is 2. The van der Waals surface area contributed by atoms with Crippen molar-refractivity contribution >= 4 is 0 Å². The minimum absolute atomic E-state index is 0.0996. The SMILES string of the molecule is CCC/C=C/CCCCCCCCCCCCCCO[C@@H](CO)[C@@H]1OC[C@@H](O)[C@@H]1O. The van der Waals surface area contributed by atoms with Crippen molar-refractivity contribution in [2.75, 3.05) is 19.8 Å². The number of aliphatic hydroxyl groups is 3. The van der Waals surface area contributed by atoms with Gasteiger partial charge < -0.3 is 24.8 Å². The molecular formula is C25H48O5. The van der Waals surface area contributed by atoms with Gasteiger partial charge in [-0.05, 0) is 25.7 Å². The van der Waals surface area contributed by atoms with E-state index < -0.39 is 24.4 Å². The molecule has 0 radical (unpaired) electrons. The van der Waals surface area contributed by atoms with E-state index in [0.717, 1.165) is 12.8 Å². The fraction of sp³-hybridized carbons (Fsp3) is 0.920. The Labute approximate surface area is 184 Å². The zero-order valence-electron chi connectivity index (χ0n) is 19.4. The van der Waals surface area contributed by atoms with Gasteiger partial charge in [0.1, 0.15) is 24.4 Å². The average molecular weight is 429 g/mol. The van der Waals surface area contributed by atoms with Crippen molar-refractivity contribution in [2.24, 2.45) is 0 Å². The molecule has 1 rings (SSSR count). The van der Waals surface area contributed by atoms with Crippen molar-refractivity contribution in [3.8, 4) is 0 Å². The maximum Gasteiger partial charge on any atom is 0.114 e. The van der Waals surface area contributed by atoms with Crippen LogP contribution in [0.25, 0.3) is 0 Å². The van der Waals surface area contributed by atoms with Gasteiger partial charge in [-0.25, -0.2) is 0 Å². The molecular weight excluding hydrogens is 380 g/mol. The van der Waals surface area contributed by atoms with Crippen LogP contribution in [0.1, 0.15) is 103 Å². The summed E-state index contributed by atoms with van der Waals surface area (Å²) in [7, 11) is 0. The highest BCUT2D eigenvalue weighted by Gasteiger charge is 2.40. The summed E-state index contributed by atoms with van der Waals surface area (Å²) in [6, 6.07) is 0. The molecule has 0 aliphatic carbocycles. The van der Waals surface area contributed by atoms with Gasteiger partial charge >= 0.3 is 0 Å². The molecule has 4 atom stereocenters. The van der Waals surface area contributed by atoms with Gasteiger partial charge in [-0.15, -0.1) is 0 Å². The largest absolute Gasteiger partial charge is 0.394 e. The van der Waals surface area contributed by atoms with E-state index >= 15 is 0 Å². The molecule has 1 saturated heterocycles. The summed E-state index contributed by atoms with van der Waals surface area (Å²) in [4.78, 5) is 0. The minimum Gasteiger partial charge on any atom is -0.394 e. The highest BCUT2D eigenvalue weighted by Crippen LogP contribution is 2.20. The maximum atomic E-state index is 9.84. The molecule has 1 fully saturated rings. The van der Waals surface area contributed by atoms with Crippen LogP contribution in [0, 0.1) is 0 Å². The molecule has 5 heteroatoms. The Morgan fingerprint density at radius 3 is 1.87 bits per heavy atom. The van der Waals surface area contributed by atoms with E-state index in [1.165, 1.54) is 83.5 Å². The van der Waals surface area contributed by atoms with Crippen LogP contribution in [-0.4, -0.2) is 59.6 Å². The Hall–Kier alpha value is -0.460. The Morgan fingerprint density at radius 1 is 0.833 bits per heavy atom. The summed E-state index contributed by atoms with van der Waals surface area (Å²) >= 11 is 0. The summed E-state index contributed by atoms with van der Waals surface area (Å²) in [5.74, 6) is 0. The highest BCUT2D eigenvalue weighted by atomic mass is 16.6. The van der Waals surface area contributed by atoms with Crippen molar-refractivity contribution < 1.29 is 24.8 Å². The number of rotatable bonds is 20. The summed E-state index contributed by atoms with van der Waals surface area (Å²) < 4.78 is 11.0. The lowest BCUT2D eigenvalue weighted by Gasteiger charge is -2.24. The molecule has 178 valence electrons. The van der Waals surface area contributed by atoms with E-state index in [1.807, 2.05) is 0 Å². The van der Waals surface area contributed by atoms with E-state index in [4.69, 9.17) is 9.47 Å². The molecule has 0 amide bonds. The third-order valence-electron chi connectivity index (χ3n) is 5.96. The van der Waals surface area contributed by atoms with Crippen LogP contribution in [0.15, 0.2) is 12.2 Å². The monoisotopic (exact) mass is 428 g/mol.